The summed E-state index contributed by atoms with van der Waals surface area (Å²) >= 11 is 6.19. The Morgan fingerprint density at radius 1 is 1.32 bits per heavy atom. The van der Waals surface area contributed by atoms with E-state index >= 15 is 0 Å². The third-order valence-electron chi connectivity index (χ3n) is 3.89. The maximum atomic E-state index is 13.7. The van der Waals surface area contributed by atoms with E-state index in [0.717, 1.165) is 31.2 Å². The van der Waals surface area contributed by atoms with Crippen LogP contribution in [-0.4, -0.2) is 13.0 Å². The number of alkyl halides is 1. The van der Waals surface area contributed by atoms with Crippen molar-refractivity contribution in [3.63, 3.8) is 0 Å². The van der Waals surface area contributed by atoms with E-state index in [0.29, 0.717) is 11.6 Å². The predicted octanol–water partition coefficient (Wildman–Crippen LogP) is 5.20. The highest BCUT2D eigenvalue weighted by atomic mass is 35.5. The molecule has 1 unspecified atom stereocenters. The van der Waals surface area contributed by atoms with Crippen LogP contribution in [0.5, 0.6) is 5.75 Å². The fourth-order valence-electron chi connectivity index (χ4n) is 2.40. The minimum Gasteiger partial charge on any atom is -0.494 e. The largest absolute Gasteiger partial charge is 0.494 e. The van der Waals surface area contributed by atoms with Gasteiger partial charge in [0.15, 0.2) is 11.6 Å². The summed E-state index contributed by atoms with van der Waals surface area (Å²) in [7, 11) is 1.48. The Hall–Kier alpha value is -0.760. The molecule has 1 aromatic carbocycles. The summed E-state index contributed by atoms with van der Waals surface area (Å²) in [5.74, 6) is 0.622. The molecule has 1 rings (SSSR count). The molecule has 0 spiro atoms. The summed E-state index contributed by atoms with van der Waals surface area (Å²) in [5.41, 5.74) is 1.08. The molecule has 1 aromatic rings. The second kappa shape index (κ2) is 7.74. The Morgan fingerprint density at radius 2 is 2.05 bits per heavy atom. The molecule has 0 aromatic heterocycles. The van der Waals surface area contributed by atoms with Crippen molar-refractivity contribution in [1.82, 2.24) is 0 Å². The first-order chi connectivity index (χ1) is 9.10. The Bertz CT molecular complexity index is 388. The normalized spacial score (nSPS) is 14.2. The third-order valence-corrected chi connectivity index (χ3v) is 4.46. The lowest BCUT2D eigenvalue weighted by molar-refractivity contribution is 0.278. The molecular weight excluding hydrogens is 263 g/mol. The molecule has 0 saturated carbocycles. The standard InChI is InChI=1S/C16H24ClFO/c1-4-6-9-16(5-2,12-17)11-13-7-8-15(19-3)14(18)10-13/h7-8,10H,4-6,9,11-12H2,1-3H3. The smallest absolute Gasteiger partial charge is 0.165 e. The van der Waals surface area contributed by atoms with Crippen LogP contribution in [0, 0.1) is 11.2 Å². The lowest BCUT2D eigenvalue weighted by Gasteiger charge is -2.31. The number of benzene rings is 1. The van der Waals surface area contributed by atoms with E-state index in [2.05, 4.69) is 13.8 Å². The van der Waals surface area contributed by atoms with E-state index in [-0.39, 0.29) is 11.2 Å². The number of methoxy groups -OCH3 is 1. The summed E-state index contributed by atoms with van der Waals surface area (Å²) in [4.78, 5) is 0. The average molecular weight is 287 g/mol. The fourth-order valence-corrected chi connectivity index (χ4v) is 2.82. The highest BCUT2D eigenvalue weighted by molar-refractivity contribution is 6.18. The van der Waals surface area contributed by atoms with Crippen LogP contribution >= 0.6 is 11.6 Å². The Kier molecular flexibility index (Phi) is 6.64. The summed E-state index contributed by atoms with van der Waals surface area (Å²) < 4.78 is 18.7. The number of hydrogen-bond donors (Lipinski definition) is 0. The van der Waals surface area contributed by atoms with Gasteiger partial charge in [0.25, 0.3) is 0 Å². The van der Waals surface area contributed by atoms with Crippen LogP contribution in [0.4, 0.5) is 4.39 Å². The maximum absolute atomic E-state index is 13.7. The fraction of sp³-hybridized carbons (Fsp3) is 0.625. The second-order valence-electron chi connectivity index (χ2n) is 5.24. The van der Waals surface area contributed by atoms with Crippen LogP contribution in [0.2, 0.25) is 0 Å². The lowest BCUT2D eigenvalue weighted by Crippen LogP contribution is -2.25. The van der Waals surface area contributed by atoms with Crippen molar-refractivity contribution in [2.45, 2.75) is 46.0 Å². The predicted molar refractivity (Wildman–Crippen MR) is 79.6 cm³/mol. The summed E-state index contributed by atoms with van der Waals surface area (Å²) in [6.07, 6.45) is 5.27. The molecule has 19 heavy (non-hydrogen) atoms. The van der Waals surface area contributed by atoms with E-state index in [1.165, 1.54) is 13.5 Å². The zero-order chi connectivity index (χ0) is 14.3. The molecule has 108 valence electrons. The molecule has 0 amide bonds. The van der Waals surface area contributed by atoms with Crippen molar-refractivity contribution in [2.75, 3.05) is 13.0 Å². The van der Waals surface area contributed by atoms with E-state index in [1.807, 2.05) is 6.07 Å². The van der Waals surface area contributed by atoms with Crippen LogP contribution in [0.3, 0.4) is 0 Å². The molecular formula is C16H24ClFO. The SMILES string of the molecule is CCCCC(CC)(CCl)Cc1ccc(OC)c(F)c1. The number of rotatable bonds is 8. The molecule has 0 heterocycles. The van der Waals surface area contributed by atoms with Gasteiger partial charge in [-0.1, -0.05) is 32.8 Å². The second-order valence-corrected chi connectivity index (χ2v) is 5.50. The molecule has 0 saturated heterocycles. The quantitative estimate of drug-likeness (QED) is 0.597. The third kappa shape index (κ3) is 4.38. The van der Waals surface area contributed by atoms with Crippen LogP contribution in [0.1, 0.15) is 45.1 Å². The Balaban J connectivity index is 2.86. The average Bonchev–Trinajstić information content (AvgIpc) is 2.44. The lowest BCUT2D eigenvalue weighted by atomic mass is 9.77. The van der Waals surface area contributed by atoms with E-state index in [1.54, 1.807) is 12.1 Å². The number of unbranched alkanes of at least 4 members (excludes halogenated alkanes) is 1. The van der Waals surface area contributed by atoms with Gasteiger partial charge in [-0.3, -0.25) is 0 Å². The minimum atomic E-state index is -0.296. The van der Waals surface area contributed by atoms with Crippen LogP contribution in [0.15, 0.2) is 18.2 Å². The summed E-state index contributed by atoms with van der Waals surface area (Å²) in [5, 5.41) is 0. The summed E-state index contributed by atoms with van der Waals surface area (Å²) in [6, 6.07) is 5.20. The van der Waals surface area contributed by atoms with Gasteiger partial charge in [0.1, 0.15) is 0 Å². The first kappa shape index (κ1) is 16.3. The monoisotopic (exact) mass is 286 g/mol. The van der Waals surface area contributed by atoms with Crippen molar-refractivity contribution in [3.8, 4) is 5.75 Å². The van der Waals surface area contributed by atoms with Crippen LogP contribution in [-0.2, 0) is 6.42 Å². The topological polar surface area (TPSA) is 9.23 Å². The zero-order valence-electron chi connectivity index (χ0n) is 12.1. The van der Waals surface area contributed by atoms with Gasteiger partial charge in [-0.15, -0.1) is 11.6 Å². The van der Waals surface area contributed by atoms with E-state index in [4.69, 9.17) is 16.3 Å². The highest BCUT2D eigenvalue weighted by Gasteiger charge is 2.27. The number of hydrogen-bond acceptors (Lipinski definition) is 1. The number of ether oxygens (including phenoxy) is 1. The van der Waals surface area contributed by atoms with E-state index in [9.17, 15) is 4.39 Å². The van der Waals surface area contributed by atoms with Crippen molar-refractivity contribution >= 4 is 11.6 Å². The van der Waals surface area contributed by atoms with Crippen LogP contribution < -0.4 is 4.74 Å². The molecule has 0 N–H and O–H groups in total. The summed E-state index contributed by atoms with van der Waals surface area (Å²) in [6.45, 7) is 4.35. The molecule has 0 aliphatic heterocycles. The van der Waals surface area contributed by atoms with Crippen LogP contribution in [0.25, 0.3) is 0 Å². The molecule has 0 bridgehead atoms. The Morgan fingerprint density at radius 3 is 2.53 bits per heavy atom. The van der Waals surface area contributed by atoms with Gasteiger partial charge in [0.05, 0.1) is 7.11 Å². The molecule has 1 nitrogen and oxygen atoms in total. The van der Waals surface area contributed by atoms with E-state index < -0.39 is 0 Å². The molecule has 0 aliphatic rings. The molecule has 1 atom stereocenters. The van der Waals surface area contributed by atoms with Gasteiger partial charge in [-0.05, 0) is 42.4 Å². The van der Waals surface area contributed by atoms with Gasteiger partial charge in [-0.2, -0.15) is 0 Å². The maximum Gasteiger partial charge on any atom is 0.165 e. The van der Waals surface area contributed by atoms with Crippen molar-refractivity contribution < 1.29 is 9.13 Å². The van der Waals surface area contributed by atoms with Gasteiger partial charge in [-0.25, -0.2) is 4.39 Å². The van der Waals surface area contributed by atoms with Crippen molar-refractivity contribution in [2.24, 2.45) is 5.41 Å². The first-order valence-corrected chi connectivity index (χ1v) is 7.52. The number of halogens is 2. The molecule has 0 fully saturated rings. The molecule has 3 heteroatoms. The van der Waals surface area contributed by atoms with Crippen molar-refractivity contribution in [1.29, 1.82) is 0 Å². The molecule has 0 radical (unpaired) electrons. The minimum absolute atomic E-state index is 0.0819. The Labute approximate surface area is 121 Å². The van der Waals surface area contributed by atoms with Gasteiger partial charge < -0.3 is 4.74 Å². The van der Waals surface area contributed by atoms with Gasteiger partial charge >= 0.3 is 0 Å². The van der Waals surface area contributed by atoms with Crippen molar-refractivity contribution in [3.05, 3.63) is 29.6 Å². The zero-order valence-corrected chi connectivity index (χ0v) is 12.9. The van der Waals surface area contributed by atoms with Gasteiger partial charge in [0, 0.05) is 5.88 Å². The van der Waals surface area contributed by atoms with Gasteiger partial charge in [0.2, 0.25) is 0 Å². The first-order valence-electron chi connectivity index (χ1n) is 6.99. The molecule has 0 aliphatic carbocycles. The highest BCUT2D eigenvalue weighted by Crippen LogP contribution is 2.35.